The minimum atomic E-state index is -0.150. The zero-order chi connectivity index (χ0) is 13.2. The number of nitrogens with zero attached hydrogens (tertiary/aromatic N) is 2. The van der Waals surface area contributed by atoms with E-state index in [1.807, 2.05) is 12.1 Å². The summed E-state index contributed by atoms with van der Waals surface area (Å²) in [4.78, 5) is 6.61. The van der Waals surface area contributed by atoms with E-state index in [2.05, 4.69) is 16.8 Å². The summed E-state index contributed by atoms with van der Waals surface area (Å²) >= 11 is 0. The highest BCUT2D eigenvalue weighted by Gasteiger charge is 2.33. The molecule has 2 heterocycles. The molecule has 1 aliphatic rings. The first kappa shape index (κ1) is 12.7. The van der Waals surface area contributed by atoms with E-state index in [1.54, 1.807) is 13.3 Å². The van der Waals surface area contributed by atoms with Crippen LogP contribution in [0.3, 0.4) is 0 Å². The molecule has 5 heteroatoms. The Hall–Kier alpha value is -1.78. The first-order chi connectivity index (χ1) is 8.55. The first-order valence-corrected chi connectivity index (χ1v) is 6.15. The van der Waals surface area contributed by atoms with E-state index < -0.39 is 0 Å². The van der Waals surface area contributed by atoms with Gasteiger partial charge >= 0.3 is 0 Å². The van der Waals surface area contributed by atoms with Gasteiger partial charge in [0.25, 0.3) is 0 Å². The zero-order valence-electron chi connectivity index (χ0n) is 10.9. The summed E-state index contributed by atoms with van der Waals surface area (Å²) in [6, 6.07) is 3.89. The molecule has 18 heavy (non-hydrogen) atoms. The number of hydrogen-bond acceptors (Lipinski definition) is 4. The molecular formula is C13H20N4O. The van der Waals surface area contributed by atoms with Crippen molar-refractivity contribution in [2.75, 3.05) is 25.1 Å². The first-order valence-electron chi connectivity index (χ1n) is 6.15. The van der Waals surface area contributed by atoms with Crippen LogP contribution in [-0.2, 0) is 0 Å². The Morgan fingerprint density at radius 2 is 2.11 bits per heavy atom. The van der Waals surface area contributed by atoms with Crippen LogP contribution < -0.4 is 15.4 Å². The van der Waals surface area contributed by atoms with Crippen LogP contribution in [0.25, 0.3) is 0 Å². The van der Waals surface area contributed by atoms with E-state index in [0.717, 1.165) is 37.5 Å². The molecule has 0 saturated carbocycles. The lowest BCUT2D eigenvalue weighted by molar-refractivity contribution is 0.349. The number of pyridine rings is 1. The molecule has 1 aromatic rings. The van der Waals surface area contributed by atoms with Crippen molar-refractivity contribution in [2.24, 2.45) is 11.1 Å². The van der Waals surface area contributed by atoms with Crippen LogP contribution in [0.1, 0.15) is 19.8 Å². The van der Waals surface area contributed by atoms with Gasteiger partial charge in [-0.05, 0) is 25.0 Å². The quantitative estimate of drug-likeness (QED) is 0.629. The summed E-state index contributed by atoms with van der Waals surface area (Å²) in [7, 11) is 1.63. The molecule has 3 N–H and O–H groups in total. The molecule has 1 fully saturated rings. The van der Waals surface area contributed by atoms with Crippen LogP contribution in [-0.4, -0.2) is 31.0 Å². The molecule has 1 aromatic heterocycles. The van der Waals surface area contributed by atoms with E-state index in [0.29, 0.717) is 5.84 Å². The summed E-state index contributed by atoms with van der Waals surface area (Å²) in [5.74, 6) is 2.02. The Morgan fingerprint density at radius 1 is 1.44 bits per heavy atom. The van der Waals surface area contributed by atoms with Gasteiger partial charge in [0.15, 0.2) is 0 Å². The maximum absolute atomic E-state index is 7.64. The highest BCUT2D eigenvalue weighted by atomic mass is 16.5. The van der Waals surface area contributed by atoms with E-state index in [9.17, 15) is 0 Å². The minimum Gasteiger partial charge on any atom is -0.495 e. The SMILES string of the molecule is COc1ccc(N2CCC(C)(C(=N)N)CC2)nc1. The van der Waals surface area contributed by atoms with Gasteiger partial charge in [-0.15, -0.1) is 0 Å². The van der Waals surface area contributed by atoms with Crippen molar-refractivity contribution < 1.29 is 4.74 Å². The van der Waals surface area contributed by atoms with Crippen molar-refractivity contribution >= 4 is 11.7 Å². The lowest BCUT2D eigenvalue weighted by Crippen LogP contribution is -2.45. The fourth-order valence-electron chi connectivity index (χ4n) is 2.18. The number of piperidine rings is 1. The zero-order valence-corrected chi connectivity index (χ0v) is 10.9. The Balaban J connectivity index is 2.03. The molecule has 5 nitrogen and oxygen atoms in total. The maximum atomic E-state index is 7.64. The van der Waals surface area contributed by atoms with Crippen LogP contribution in [0.2, 0.25) is 0 Å². The summed E-state index contributed by atoms with van der Waals surface area (Å²) in [5, 5.41) is 7.64. The monoisotopic (exact) mass is 248 g/mol. The van der Waals surface area contributed by atoms with Gasteiger partial charge in [0, 0.05) is 18.5 Å². The molecule has 0 bridgehead atoms. The van der Waals surface area contributed by atoms with Gasteiger partial charge in [-0.1, -0.05) is 6.92 Å². The number of methoxy groups -OCH3 is 1. The van der Waals surface area contributed by atoms with E-state index in [-0.39, 0.29) is 5.41 Å². The number of anilines is 1. The number of nitrogens with one attached hydrogen (secondary N) is 1. The molecule has 0 aliphatic carbocycles. The van der Waals surface area contributed by atoms with Crippen molar-refractivity contribution in [3.8, 4) is 5.75 Å². The lowest BCUT2D eigenvalue weighted by atomic mass is 9.79. The van der Waals surface area contributed by atoms with Crippen LogP contribution >= 0.6 is 0 Å². The minimum absolute atomic E-state index is 0.150. The number of hydrogen-bond donors (Lipinski definition) is 2. The molecule has 0 spiro atoms. The highest BCUT2D eigenvalue weighted by molar-refractivity contribution is 5.83. The number of amidine groups is 1. The third-order valence-corrected chi connectivity index (χ3v) is 3.80. The van der Waals surface area contributed by atoms with Gasteiger partial charge in [-0.2, -0.15) is 0 Å². The Kier molecular flexibility index (Phi) is 3.41. The van der Waals surface area contributed by atoms with Crippen LogP contribution in [0, 0.1) is 10.8 Å². The normalized spacial score (nSPS) is 18.4. The molecule has 1 saturated heterocycles. The van der Waals surface area contributed by atoms with Crippen LogP contribution in [0.4, 0.5) is 5.82 Å². The third-order valence-electron chi connectivity index (χ3n) is 3.80. The van der Waals surface area contributed by atoms with Crippen molar-refractivity contribution in [3.63, 3.8) is 0 Å². The van der Waals surface area contributed by atoms with Crippen molar-refractivity contribution in [3.05, 3.63) is 18.3 Å². The average molecular weight is 248 g/mol. The molecule has 2 rings (SSSR count). The molecule has 0 radical (unpaired) electrons. The van der Waals surface area contributed by atoms with Gasteiger partial charge in [-0.3, -0.25) is 5.41 Å². The number of ether oxygens (including phenoxy) is 1. The largest absolute Gasteiger partial charge is 0.495 e. The van der Waals surface area contributed by atoms with Crippen molar-refractivity contribution in [1.82, 2.24) is 4.98 Å². The van der Waals surface area contributed by atoms with Crippen LogP contribution in [0.15, 0.2) is 18.3 Å². The fourth-order valence-corrected chi connectivity index (χ4v) is 2.18. The van der Waals surface area contributed by atoms with Gasteiger partial charge in [0.2, 0.25) is 0 Å². The van der Waals surface area contributed by atoms with E-state index in [4.69, 9.17) is 15.9 Å². The molecule has 0 atom stereocenters. The average Bonchev–Trinajstić information content (AvgIpc) is 2.40. The summed E-state index contributed by atoms with van der Waals surface area (Å²) in [5.41, 5.74) is 5.51. The van der Waals surface area contributed by atoms with Crippen LogP contribution in [0.5, 0.6) is 5.75 Å². The summed E-state index contributed by atoms with van der Waals surface area (Å²) in [6.07, 6.45) is 3.53. The highest BCUT2D eigenvalue weighted by Crippen LogP contribution is 2.32. The maximum Gasteiger partial charge on any atom is 0.137 e. The third kappa shape index (κ3) is 2.39. The molecule has 0 aromatic carbocycles. The molecule has 98 valence electrons. The fraction of sp³-hybridized carbons (Fsp3) is 0.538. The molecular weight excluding hydrogens is 228 g/mol. The second kappa shape index (κ2) is 4.84. The predicted molar refractivity (Wildman–Crippen MR) is 72.3 cm³/mol. The van der Waals surface area contributed by atoms with Crippen molar-refractivity contribution in [2.45, 2.75) is 19.8 Å². The standard InChI is InChI=1S/C13H20N4O/c1-13(12(14)15)5-7-17(8-6-13)11-4-3-10(18-2)9-16-11/h3-4,9H,5-8H2,1-2H3,(H3,14,15). The number of rotatable bonds is 3. The molecule has 0 amide bonds. The molecule has 1 aliphatic heterocycles. The van der Waals surface area contributed by atoms with E-state index >= 15 is 0 Å². The topological polar surface area (TPSA) is 75.2 Å². The predicted octanol–water partition coefficient (Wildman–Crippen LogP) is 1.63. The van der Waals surface area contributed by atoms with Gasteiger partial charge in [0.1, 0.15) is 11.6 Å². The summed E-state index contributed by atoms with van der Waals surface area (Å²) in [6.45, 7) is 3.83. The Bertz CT molecular complexity index is 421. The Labute approximate surface area is 107 Å². The smallest absolute Gasteiger partial charge is 0.137 e. The van der Waals surface area contributed by atoms with E-state index in [1.165, 1.54) is 0 Å². The Morgan fingerprint density at radius 3 is 2.56 bits per heavy atom. The second-order valence-corrected chi connectivity index (χ2v) is 5.02. The summed E-state index contributed by atoms with van der Waals surface area (Å²) < 4.78 is 5.10. The number of nitrogens with two attached hydrogens (primary N) is 1. The van der Waals surface area contributed by atoms with Gasteiger partial charge in [-0.25, -0.2) is 4.98 Å². The second-order valence-electron chi connectivity index (χ2n) is 5.02. The van der Waals surface area contributed by atoms with Crippen molar-refractivity contribution in [1.29, 1.82) is 5.41 Å². The molecule has 0 unspecified atom stereocenters. The van der Waals surface area contributed by atoms with Gasteiger partial charge in [0.05, 0.1) is 19.1 Å². The number of aromatic nitrogens is 1. The van der Waals surface area contributed by atoms with Gasteiger partial charge < -0.3 is 15.4 Å². The lowest BCUT2D eigenvalue weighted by Gasteiger charge is -2.39.